The highest BCUT2D eigenvalue weighted by molar-refractivity contribution is 6.03. The summed E-state index contributed by atoms with van der Waals surface area (Å²) in [4.78, 5) is 17.6. The Balaban J connectivity index is 1.49. The third kappa shape index (κ3) is 3.25. The second kappa shape index (κ2) is 7.34. The van der Waals surface area contributed by atoms with E-state index in [1.165, 1.54) is 25.7 Å². The number of carbonyl (C=O) groups is 1. The van der Waals surface area contributed by atoms with Gasteiger partial charge in [-0.2, -0.15) is 5.10 Å². The first-order valence-corrected chi connectivity index (χ1v) is 10.7. The summed E-state index contributed by atoms with van der Waals surface area (Å²) in [6, 6.07) is 11.1. The fourth-order valence-electron chi connectivity index (χ4n) is 4.89. The standard InChI is InChI=1S/C23H29N5O/c1-25(2)18-10-13-26(16-18)23(29)19-15-22(27-12-6-5-9-21(19)27)20-11-14-28(24-20)17-7-3-4-8-17/h5-6,9,11-12,14-15,17-18H,3-4,7-8,10,13,16H2,1-2H3. The van der Waals surface area contributed by atoms with Gasteiger partial charge < -0.3 is 14.2 Å². The molecule has 0 aromatic carbocycles. The van der Waals surface area contributed by atoms with E-state index < -0.39 is 0 Å². The molecule has 0 spiro atoms. The molecule has 152 valence electrons. The Bertz CT molecular complexity index is 1030. The lowest BCUT2D eigenvalue weighted by atomic mass is 10.2. The largest absolute Gasteiger partial charge is 0.337 e. The van der Waals surface area contributed by atoms with Gasteiger partial charge in [-0.25, -0.2) is 0 Å². The first-order valence-electron chi connectivity index (χ1n) is 10.7. The van der Waals surface area contributed by atoms with E-state index in [0.29, 0.717) is 12.1 Å². The fourth-order valence-corrected chi connectivity index (χ4v) is 4.89. The van der Waals surface area contributed by atoms with Crippen LogP contribution < -0.4 is 0 Å². The molecule has 6 heteroatoms. The highest BCUT2D eigenvalue weighted by Gasteiger charge is 2.30. The van der Waals surface area contributed by atoms with Crippen molar-refractivity contribution in [2.75, 3.05) is 27.2 Å². The van der Waals surface area contributed by atoms with Gasteiger partial charge in [-0.15, -0.1) is 0 Å². The van der Waals surface area contributed by atoms with Gasteiger partial charge in [0.1, 0.15) is 5.69 Å². The van der Waals surface area contributed by atoms with E-state index in [0.717, 1.165) is 42.0 Å². The molecule has 1 atom stereocenters. The van der Waals surface area contributed by atoms with Crippen LogP contribution in [0, 0.1) is 0 Å². The van der Waals surface area contributed by atoms with Crippen molar-refractivity contribution in [3.63, 3.8) is 0 Å². The van der Waals surface area contributed by atoms with E-state index in [2.05, 4.69) is 40.3 Å². The van der Waals surface area contributed by atoms with E-state index in [4.69, 9.17) is 5.10 Å². The van der Waals surface area contributed by atoms with Gasteiger partial charge in [0.2, 0.25) is 0 Å². The zero-order valence-corrected chi connectivity index (χ0v) is 17.3. The third-order valence-electron chi connectivity index (χ3n) is 6.66. The predicted molar refractivity (Wildman–Crippen MR) is 114 cm³/mol. The van der Waals surface area contributed by atoms with Crippen molar-refractivity contribution in [2.45, 2.75) is 44.2 Å². The molecular weight excluding hydrogens is 362 g/mol. The number of aromatic nitrogens is 3. The van der Waals surface area contributed by atoms with Crippen LogP contribution in [0.4, 0.5) is 0 Å². The second-order valence-electron chi connectivity index (χ2n) is 8.68. The van der Waals surface area contributed by atoms with Crippen LogP contribution >= 0.6 is 0 Å². The topological polar surface area (TPSA) is 45.8 Å². The number of likely N-dealkylation sites (tertiary alicyclic amines) is 1. The summed E-state index contributed by atoms with van der Waals surface area (Å²) in [5.41, 5.74) is 3.65. The summed E-state index contributed by atoms with van der Waals surface area (Å²) < 4.78 is 4.22. The molecule has 4 heterocycles. The Morgan fingerprint density at radius 1 is 1.10 bits per heavy atom. The van der Waals surface area contributed by atoms with E-state index in [-0.39, 0.29) is 5.91 Å². The number of pyridine rings is 1. The monoisotopic (exact) mass is 391 g/mol. The first kappa shape index (κ1) is 18.4. The maximum Gasteiger partial charge on any atom is 0.256 e. The van der Waals surface area contributed by atoms with E-state index in [1.807, 2.05) is 35.4 Å². The third-order valence-corrected chi connectivity index (χ3v) is 6.66. The minimum Gasteiger partial charge on any atom is -0.337 e. The molecule has 5 rings (SSSR count). The molecule has 2 aliphatic rings. The van der Waals surface area contributed by atoms with Crippen LogP contribution in [0.3, 0.4) is 0 Å². The van der Waals surface area contributed by atoms with Crippen LogP contribution in [0.5, 0.6) is 0 Å². The molecule has 3 aromatic rings. The van der Waals surface area contributed by atoms with Crippen molar-refractivity contribution in [1.29, 1.82) is 0 Å². The molecule has 0 N–H and O–H groups in total. The minimum atomic E-state index is 0.125. The van der Waals surface area contributed by atoms with Gasteiger partial charge in [0.25, 0.3) is 5.91 Å². The molecule has 2 fully saturated rings. The maximum absolute atomic E-state index is 13.4. The zero-order chi connectivity index (χ0) is 20.0. The van der Waals surface area contributed by atoms with Crippen LogP contribution in [0.15, 0.2) is 42.7 Å². The number of likely N-dealkylation sites (N-methyl/N-ethyl adjacent to an activating group) is 1. The predicted octanol–water partition coefficient (Wildman–Crippen LogP) is 3.69. The number of hydrogen-bond acceptors (Lipinski definition) is 3. The Hall–Kier alpha value is -2.60. The second-order valence-corrected chi connectivity index (χ2v) is 8.68. The number of carbonyl (C=O) groups excluding carboxylic acids is 1. The summed E-state index contributed by atoms with van der Waals surface area (Å²) in [5, 5.41) is 4.88. The molecule has 1 saturated carbocycles. The Labute approximate surface area is 171 Å². The zero-order valence-electron chi connectivity index (χ0n) is 17.3. The number of fused-ring (bicyclic) bond motifs is 1. The van der Waals surface area contributed by atoms with Crippen LogP contribution in [-0.2, 0) is 0 Å². The summed E-state index contributed by atoms with van der Waals surface area (Å²) in [7, 11) is 4.18. The van der Waals surface area contributed by atoms with Crippen molar-refractivity contribution in [3.05, 3.63) is 48.3 Å². The average Bonchev–Trinajstić information content (AvgIpc) is 3.53. The highest BCUT2D eigenvalue weighted by Crippen LogP contribution is 2.31. The van der Waals surface area contributed by atoms with Crippen molar-refractivity contribution in [2.24, 2.45) is 0 Å². The van der Waals surface area contributed by atoms with Crippen LogP contribution in [0.25, 0.3) is 16.9 Å². The lowest BCUT2D eigenvalue weighted by Gasteiger charge is -2.20. The molecule has 1 saturated heterocycles. The molecule has 1 unspecified atom stereocenters. The van der Waals surface area contributed by atoms with Gasteiger partial charge in [-0.3, -0.25) is 9.48 Å². The smallest absolute Gasteiger partial charge is 0.256 e. The van der Waals surface area contributed by atoms with Gasteiger partial charge in [-0.1, -0.05) is 18.9 Å². The van der Waals surface area contributed by atoms with E-state index in [9.17, 15) is 4.79 Å². The van der Waals surface area contributed by atoms with Crippen LogP contribution in [-0.4, -0.2) is 63.1 Å². The van der Waals surface area contributed by atoms with Crippen molar-refractivity contribution in [3.8, 4) is 11.4 Å². The molecule has 1 aliphatic carbocycles. The van der Waals surface area contributed by atoms with Crippen LogP contribution in [0.1, 0.15) is 48.5 Å². The van der Waals surface area contributed by atoms with Crippen molar-refractivity contribution >= 4 is 11.4 Å². The van der Waals surface area contributed by atoms with Gasteiger partial charge in [-0.05, 0) is 57.6 Å². The van der Waals surface area contributed by atoms with Gasteiger partial charge >= 0.3 is 0 Å². The lowest BCUT2D eigenvalue weighted by molar-refractivity contribution is 0.0785. The van der Waals surface area contributed by atoms with Crippen LogP contribution in [0.2, 0.25) is 0 Å². The van der Waals surface area contributed by atoms with Gasteiger partial charge in [0.15, 0.2) is 0 Å². The lowest BCUT2D eigenvalue weighted by Crippen LogP contribution is -2.34. The summed E-state index contributed by atoms with van der Waals surface area (Å²) in [6.45, 7) is 1.61. The number of amides is 1. The van der Waals surface area contributed by atoms with E-state index >= 15 is 0 Å². The molecule has 0 radical (unpaired) electrons. The fraction of sp³-hybridized carbons (Fsp3) is 0.478. The van der Waals surface area contributed by atoms with Gasteiger partial charge in [0, 0.05) is 31.5 Å². The summed E-state index contributed by atoms with van der Waals surface area (Å²) in [6.07, 6.45) is 10.2. The molecule has 1 aliphatic heterocycles. The van der Waals surface area contributed by atoms with E-state index in [1.54, 1.807) is 0 Å². The van der Waals surface area contributed by atoms with Crippen molar-refractivity contribution in [1.82, 2.24) is 24.0 Å². The molecule has 1 amide bonds. The Morgan fingerprint density at radius 2 is 1.93 bits per heavy atom. The maximum atomic E-state index is 13.4. The molecular formula is C23H29N5O. The molecule has 6 nitrogen and oxygen atoms in total. The van der Waals surface area contributed by atoms with Crippen molar-refractivity contribution < 1.29 is 4.79 Å². The normalized spacial score (nSPS) is 20.4. The quantitative estimate of drug-likeness (QED) is 0.681. The molecule has 3 aromatic heterocycles. The Kier molecular flexibility index (Phi) is 4.66. The number of rotatable bonds is 4. The summed E-state index contributed by atoms with van der Waals surface area (Å²) >= 11 is 0. The number of hydrogen-bond donors (Lipinski definition) is 0. The highest BCUT2D eigenvalue weighted by atomic mass is 16.2. The Morgan fingerprint density at radius 3 is 2.69 bits per heavy atom. The minimum absolute atomic E-state index is 0.125. The molecule has 0 bridgehead atoms. The summed E-state index contributed by atoms with van der Waals surface area (Å²) in [5.74, 6) is 0.125. The number of nitrogens with zero attached hydrogens (tertiary/aromatic N) is 5. The average molecular weight is 392 g/mol. The first-order chi connectivity index (χ1) is 14.1. The van der Waals surface area contributed by atoms with Gasteiger partial charge in [0.05, 0.1) is 22.8 Å². The SMILES string of the molecule is CN(C)C1CCN(C(=O)c2cc(-c3ccn(C4CCCC4)n3)n3ccccc23)C1. The molecule has 29 heavy (non-hydrogen) atoms.